The van der Waals surface area contributed by atoms with Gasteiger partial charge in [0.1, 0.15) is 0 Å². The van der Waals surface area contributed by atoms with Crippen LogP contribution in [0.5, 0.6) is 0 Å². The normalized spacial score (nSPS) is 23.2. The summed E-state index contributed by atoms with van der Waals surface area (Å²) in [6, 6.07) is 0.555. The molecular weight excluding hydrogens is 220 g/mol. The molecule has 2 unspecified atom stereocenters. The maximum Gasteiger partial charge on any atom is 0.0587 e. The Morgan fingerprint density at radius 2 is 2.31 bits per heavy atom. The van der Waals surface area contributed by atoms with Crippen molar-refractivity contribution in [3.8, 4) is 0 Å². The number of thioether (sulfide) groups is 1. The molecule has 1 rings (SSSR count). The van der Waals surface area contributed by atoms with Gasteiger partial charge in [0.25, 0.3) is 0 Å². The molecule has 0 aromatic carbocycles. The van der Waals surface area contributed by atoms with Gasteiger partial charge in [-0.2, -0.15) is 11.8 Å². The van der Waals surface area contributed by atoms with E-state index in [0.29, 0.717) is 6.04 Å². The summed E-state index contributed by atoms with van der Waals surface area (Å²) in [6.07, 6.45) is 4.22. The third-order valence-electron chi connectivity index (χ3n) is 2.90. The lowest BCUT2D eigenvalue weighted by atomic mass is 10.2. The molecule has 4 heteroatoms. The molecule has 1 fully saturated rings. The third-order valence-corrected chi connectivity index (χ3v) is 4.30. The SMILES string of the molecule is COCCNCC(C)NCC1CCCCS1. The van der Waals surface area contributed by atoms with Crippen LogP contribution in [0.25, 0.3) is 0 Å². The molecule has 96 valence electrons. The minimum Gasteiger partial charge on any atom is -0.383 e. The maximum absolute atomic E-state index is 4.99. The van der Waals surface area contributed by atoms with E-state index in [1.807, 2.05) is 0 Å². The average molecular weight is 246 g/mol. The topological polar surface area (TPSA) is 33.3 Å². The molecule has 3 nitrogen and oxygen atoms in total. The van der Waals surface area contributed by atoms with Crippen molar-refractivity contribution >= 4 is 11.8 Å². The van der Waals surface area contributed by atoms with Gasteiger partial charge in [-0.25, -0.2) is 0 Å². The van der Waals surface area contributed by atoms with Crippen LogP contribution in [0, 0.1) is 0 Å². The van der Waals surface area contributed by atoms with Gasteiger partial charge in [-0.15, -0.1) is 0 Å². The monoisotopic (exact) mass is 246 g/mol. The molecule has 1 aliphatic heterocycles. The van der Waals surface area contributed by atoms with E-state index in [-0.39, 0.29) is 0 Å². The highest BCUT2D eigenvalue weighted by molar-refractivity contribution is 7.99. The molecule has 0 amide bonds. The quantitative estimate of drug-likeness (QED) is 0.636. The maximum atomic E-state index is 4.99. The Hall–Kier alpha value is 0.230. The molecule has 0 aromatic rings. The molecule has 0 radical (unpaired) electrons. The summed E-state index contributed by atoms with van der Waals surface area (Å²) in [7, 11) is 1.74. The van der Waals surface area contributed by atoms with Gasteiger partial charge in [-0.05, 0) is 25.5 Å². The largest absolute Gasteiger partial charge is 0.383 e. The summed E-state index contributed by atoms with van der Waals surface area (Å²) in [5.41, 5.74) is 0. The fourth-order valence-corrected chi connectivity index (χ4v) is 3.12. The zero-order valence-corrected chi connectivity index (χ0v) is 11.4. The summed E-state index contributed by atoms with van der Waals surface area (Å²) in [6.45, 7) is 6.18. The standard InChI is InChI=1S/C12H26N2OS/c1-11(9-13-6-7-15-2)14-10-12-5-3-4-8-16-12/h11-14H,3-10H2,1-2H3. The lowest BCUT2D eigenvalue weighted by molar-refractivity contribution is 0.198. The van der Waals surface area contributed by atoms with Crippen LogP contribution in [0.3, 0.4) is 0 Å². The summed E-state index contributed by atoms with van der Waals surface area (Å²) >= 11 is 2.13. The fourth-order valence-electron chi connectivity index (χ4n) is 1.87. The average Bonchev–Trinajstić information content (AvgIpc) is 2.33. The van der Waals surface area contributed by atoms with Gasteiger partial charge < -0.3 is 15.4 Å². The number of hydrogen-bond donors (Lipinski definition) is 2. The first-order valence-electron chi connectivity index (χ1n) is 6.37. The van der Waals surface area contributed by atoms with E-state index in [4.69, 9.17) is 4.74 Å². The molecule has 0 saturated carbocycles. The van der Waals surface area contributed by atoms with Crippen LogP contribution in [0.2, 0.25) is 0 Å². The second-order valence-corrected chi connectivity index (χ2v) is 5.90. The van der Waals surface area contributed by atoms with Crippen LogP contribution in [-0.2, 0) is 4.74 Å². The minimum absolute atomic E-state index is 0.555. The summed E-state index contributed by atoms with van der Waals surface area (Å²) in [5.74, 6) is 1.35. The molecule has 1 saturated heterocycles. The Morgan fingerprint density at radius 3 is 3.00 bits per heavy atom. The van der Waals surface area contributed by atoms with Crippen LogP contribution in [-0.4, -0.2) is 50.4 Å². The van der Waals surface area contributed by atoms with Gasteiger partial charge in [-0.3, -0.25) is 0 Å². The first kappa shape index (κ1) is 14.3. The number of nitrogens with one attached hydrogen (secondary N) is 2. The van der Waals surface area contributed by atoms with Gasteiger partial charge >= 0.3 is 0 Å². The van der Waals surface area contributed by atoms with Gasteiger partial charge in [0, 0.05) is 38.0 Å². The van der Waals surface area contributed by atoms with Crippen LogP contribution in [0.15, 0.2) is 0 Å². The Bertz CT molecular complexity index is 163. The second kappa shape index (κ2) is 9.28. The van der Waals surface area contributed by atoms with Crippen LogP contribution >= 0.6 is 11.8 Å². The van der Waals surface area contributed by atoms with E-state index in [0.717, 1.165) is 31.5 Å². The highest BCUT2D eigenvalue weighted by Gasteiger charge is 2.14. The first-order chi connectivity index (χ1) is 7.83. The predicted octanol–water partition coefficient (Wildman–Crippen LogP) is 1.49. The van der Waals surface area contributed by atoms with Crippen molar-refractivity contribution in [1.82, 2.24) is 10.6 Å². The van der Waals surface area contributed by atoms with E-state index >= 15 is 0 Å². The van der Waals surface area contributed by atoms with Crippen molar-refractivity contribution in [2.45, 2.75) is 37.5 Å². The van der Waals surface area contributed by atoms with Crippen molar-refractivity contribution in [3.05, 3.63) is 0 Å². The summed E-state index contributed by atoms with van der Waals surface area (Å²) < 4.78 is 4.99. The van der Waals surface area contributed by atoms with E-state index in [9.17, 15) is 0 Å². The molecule has 2 atom stereocenters. The number of rotatable bonds is 8. The number of methoxy groups -OCH3 is 1. The molecule has 16 heavy (non-hydrogen) atoms. The van der Waals surface area contributed by atoms with Crippen molar-refractivity contribution in [1.29, 1.82) is 0 Å². The second-order valence-electron chi connectivity index (χ2n) is 4.49. The van der Waals surface area contributed by atoms with Gasteiger partial charge in [-0.1, -0.05) is 6.42 Å². The van der Waals surface area contributed by atoms with Gasteiger partial charge in [0.05, 0.1) is 6.61 Å². The minimum atomic E-state index is 0.555. The Kier molecular flexibility index (Phi) is 8.29. The number of ether oxygens (including phenoxy) is 1. The zero-order chi connectivity index (χ0) is 11.6. The zero-order valence-electron chi connectivity index (χ0n) is 10.6. The molecule has 0 aromatic heterocycles. The third kappa shape index (κ3) is 6.74. The van der Waals surface area contributed by atoms with E-state index in [2.05, 4.69) is 29.3 Å². The molecule has 0 bridgehead atoms. The first-order valence-corrected chi connectivity index (χ1v) is 7.42. The molecular formula is C12H26N2OS. The summed E-state index contributed by atoms with van der Waals surface area (Å²) in [5, 5.41) is 7.83. The highest BCUT2D eigenvalue weighted by Crippen LogP contribution is 2.24. The molecule has 0 aliphatic carbocycles. The molecule has 1 heterocycles. The van der Waals surface area contributed by atoms with Crippen molar-refractivity contribution in [3.63, 3.8) is 0 Å². The predicted molar refractivity (Wildman–Crippen MR) is 72.3 cm³/mol. The van der Waals surface area contributed by atoms with Gasteiger partial charge in [0.15, 0.2) is 0 Å². The lowest BCUT2D eigenvalue weighted by Crippen LogP contribution is -2.40. The summed E-state index contributed by atoms with van der Waals surface area (Å²) in [4.78, 5) is 0. The molecule has 2 N–H and O–H groups in total. The van der Waals surface area contributed by atoms with E-state index < -0.39 is 0 Å². The highest BCUT2D eigenvalue weighted by atomic mass is 32.2. The van der Waals surface area contributed by atoms with Crippen LogP contribution in [0.4, 0.5) is 0 Å². The smallest absolute Gasteiger partial charge is 0.0587 e. The molecule has 1 aliphatic rings. The van der Waals surface area contributed by atoms with Crippen molar-refractivity contribution < 1.29 is 4.74 Å². The number of hydrogen-bond acceptors (Lipinski definition) is 4. The Morgan fingerprint density at radius 1 is 1.44 bits per heavy atom. The Labute approximate surface area is 104 Å². The van der Waals surface area contributed by atoms with Crippen molar-refractivity contribution in [2.75, 3.05) is 39.1 Å². The lowest BCUT2D eigenvalue weighted by Gasteiger charge is -2.23. The van der Waals surface area contributed by atoms with E-state index in [1.165, 1.54) is 25.0 Å². The van der Waals surface area contributed by atoms with Crippen LogP contribution < -0.4 is 10.6 Å². The molecule has 0 spiro atoms. The Balaban J connectivity index is 1.94. The van der Waals surface area contributed by atoms with Crippen LogP contribution in [0.1, 0.15) is 26.2 Å². The van der Waals surface area contributed by atoms with Crippen molar-refractivity contribution in [2.24, 2.45) is 0 Å². The fraction of sp³-hybridized carbons (Fsp3) is 1.00. The van der Waals surface area contributed by atoms with E-state index in [1.54, 1.807) is 7.11 Å². The van der Waals surface area contributed by atoms with Gasteiger partial charge in [0.2, 0.25) is 0 Å².